The van der Waals surface area contributed by atoms with Gasteiger partial charge in [0, 0.05) is 16.7 Å². The topological polar surface area (TPSA) is 82.1 Å². The number of fused-ring (bicyclic) bond motifs is 1. The summed E-state index contributed by atoms with van der Waals surface area (Å²) in [6, 6.07) is 11.3. The molecule has 0 N–H and O–H groups in total. The van der Waals surface area contributed by atoms with Gasteiger partial charge < -0.3 is 19.1 Å². The van der Waals surface area contributed by atoms with E-state index >= 15 is 0 Å². The van der Waals surface area contributed by atoms with E-state index in [-0.39, 0.29) is 18.5 Å². The van der Waals surface area contributed by atoms with E-state index in [2.05, 4.69) is 0 Å². The Bertz CT molecular complexity index is 1030. The van der Waals surface area contributed by atoms with Crippen molar-refractivity contribution in [1.29, 1.82) is 0 Å². The summed E-state index contributed by atoms with van der Waals surface area (Å²) in [5.41, 5.74) is 0.966. The fraction of sp³-hybridized carbons (Fsp3) is 0.250. The molecule has 8 heteroatoms. The van der Waals surface area contributed by atoms with Crippen LogP contribution in [0.4, 0.5) is 5.69 Å². The minimum Gasteiger partial charge on any atom is -0.494 e. The molecule has 2 heterocycles. The summed E-state index contributed by atoms with van der Waals surface area (Å²) in [5, 5.41) is 1.16. The lowest BCUT2D eigenvalue weighted by atomic mass is 10.1. The van der Waals surface area contributed by atoms with Gasteiger partial charge in [-0.15, -0.1) is 0 Å². The van der Waals surface area contributed by atoms with Crippen molar-refractivity contribution >= 4 is 21.4 Å². The second-order valence-electron chi connectivity index (χ2n) is 6.40. The molecule has 0 aliphatic carbocycles. The van der Waals surface area contributed by atoms with Gasteiger partial charge in [0.25, 0.3) is 5.91 Å². The molecule has 7 nitrogen and oxygen atoms in total. The number of amides is 1. The van der Waals surface area contributed by atoms with Gasteiger partial charge in [-0.1, -0.05) is 0 Å². The van der Waals surface area contributed by atoms with Crippen molar-refractivity contribution in [1.82, 2.24) is 0 Å². The van der Waals surface area contributed by atoms with Gasteiger partial charge in [0.1, 0.15) is 5.75 Å². The van der Waals surface area contributed by atoms with Crippen LogP contribution < -0.4 is 19.1 Å². The Morgan fingerprint density at radius 1 is 1.14 bits per heavy atom. The lowest BCUT2D eigenvalue weighted by Gasteiger charge is -2.28. The molecule has 0 radical (unpaired) electrons. The van der Waals surface area contributed by atoms with Gasteiger partial charge in [0.15, 0.2) is 21.3 Å². The average Bonchev–Trinajstić information content (AvgIpc) is 3.29. The van der Waals surface area contributed by atoms with E-state index in [9.17, 15) is 13.2 Å². The van der Waals surface area contributed by atoms with Gasteiger partial charge in [-0.25, -0.2) is 8.42 Å². The fourth-order valence-corrected chi connectivity index (χ4v) is 4.49. The van der Waals surface area contributed by atoms with Crippen LogP contribution in [0.25, 0.3) is 0 Å². The zero-order valence-corrected chi connectivity index (χ0v) is 16.0. The molecule has 0 bridgehead atoms. The van der Waals surface area contributed by atoms with Crippen LogP contribution in [-0.2, 0) is 9.84 Å². The van der Waals surface area contributed by atoms with Crippen LogP contribution in [0.2, 0.25) is 0 Å². The van der Waals surface area contributed by atoms with E-state index in [0.717, 1.165) is 5.41 Å². The van der Waals surface area contributed by atoms with Crippen LogP contribution in [-0.4, -0.2) is 39.5 Å². The Morgan fingerprint density at radius 2 is 1.89 bits per heavy atom. The second kappa shape index (κ2) is 7.20. The van der Waals surface area contributed by atoms with Gasteiger partial charge in [-0.05, 0) is 55.5 Å². The molecule has 0 saturated carbocycles. The lowest BCUT2D eigenvalue weighted by Crippen LogP contribution is -2.41. The van der Waals surface area contributed by atoms with Crippen molar-refractivity contribution in [3.8, 4) is 17.2 Å². The molecule has 146 valence electrons. The predicted octanol–water partition coefficient (Wildman–Crippen LogP) is 2.77. The molecule has 2 aromatic carbocycles. The van der Waals surface area contributed by atoms with Gasteiger partial charge in [0.05, 0.1) is 18.4 Å². The highest BCUT2D eigenvalue weighted by molar-refractivity contribution is 7.94. The molecule has 0 saturated heterocycles. The third kappa shape index (κ3) is 3.55. The zero-order valence-electron chi connectivity index (χ0n) is 15.2. The third-order valence-electron chi connectivity index (χ3n) is 4.51. The minimum atomic E-state index is -3.33. The second-order valence-corrected chi connectivity index (χ2v) is 8.33. The number of sulfone groups is 1. The van der Waals surface area contributed by atoms with Crippen LogP contribution in [0.15, 0.2) is 53.9 Å². The van der Waals surface area contributed by atoms with Crippen LogP contribution in [0.1, 0.15) is 17.3 Å². The van der Waals surface area contributed by atoms with Crippen molar-refractivity contribution in [3.63, 3.8) is 0 Å². The van der Waals surface area contributed by atoms with Crippen molar-refractivity contribution in [2.75, 3.05) is 24.1 Å². The SMILES string of the molecule is CCOc1ccc(N(C(=O)c2ccc3c(c2)OCO3)[C@@H]2C=CS(=O)(=O)C2)cc1. The number of hydrogen-bond donors (Lipinski definition) is 0. The molecular weight excluding hydrogens is 382 g/mol. The number of benzene rings is 2. The molecule has 2 aromatic rings. The van der Waals surface area contributed by atoms with Crippen LogP contribution in [0.3, 0.4) is 0 Å². The van der Waals surface area contributed by atoms with Crippen molar-refractivity contribution in [2.24, 2.45) is 0 Å². The summed E-state index contributed by atoms with van der Waals surface area (Å²) < 4.78 is 40.0. The Labute approximate surface area is 163 Å². The summed E-state index contributed by atoms with van der Waals surface area (Å²) >= 11 is 0. The van der Waals surface area contributed by atoms with E-state index < -0.39 is 15.9 Å². The number of anilines is 1. The molecule has 4 rings (SSSR count). The summed E-state index contributed by atoms with van der Waals surface area (Å²) in [5.74, 6) is 1.27. The van der Waals surface area contributed by atoms with Crippen LogP contribution in [0, 0.1) is 0 Å². The summed E-state index contributed by atoms with van der Waals surface area (Å²) in [6.07, 6.45) is 1.54. The molecule has 0 unspecified atom stereocenters. The summed E-state index contributed by atoms with van der Waals surface area (Å²) in [7, 11) is -3.33. The number of rotatable bonds is 5. The van der Waals surface area contributed by atoms with Gasteiger partial charge in [0.2, 0.25) is 6.79 Å². The van der Waals surface area contributed by atoms with E-state index in [1.807, 2.05) is 6.92 Å². The minimum absolute atomic E-state index is 0.110. The quantitative estimate of drug-likeness (QED) is 0.766. The molecule has 2 aliphatic rings. The number of carbonyl (C=O) groups is 1. The van der Waals surface area contributed by atoms with Crippen molar-refractivity contribution in [2.45, 2.75) is 13.0 Å². The first-order chi connectivity index (χ1) is 13.5. The highest BCUT2D eigenvalue weighted by Gasteiger charge is 2.32. The highest BCUT2D eigenvalue weighted by atomic mass is 32.2. The smallest absolute Gasteiger partial charge is 0.258 e. The van der Waals surface area contributed by atoms with Crippen LogP contribution in [0.5, 0.6) is 17.2 Å². The molecular formula is C20H19NO6S. The normalized spacial score (nSPS) is 18.8. The number of ether oxygens (including phenoxy) is 3. The Balaban J connectivity index is 1.70. The number of nitrogens with zero attached hydrogens (tertiary/aromatic N) is 1. The Hall–Kier alpha value is -3.00. The summed E-state index contributed by atoms with van der Waals surface area (Å²) in [6.45, 7) is 2.53. The molecule has 1 atom stereocenters. The molecule has 0 fully saturated rings. The standard InChI is InChI=1S/C20H19NO6S/c1-2-25-17-6-4-15(5-7-17)21(16-9-10-28(23,24)12-16)20(22)14-3-8-18-19(11-14)27-13-26-18/h3-11,16H,2,12-13H2,1H3/t16-/m1/s1. The van der Waals surface area contributed by atoms with E-state index in [1.54, 1.807) is 42.5 Å². The van der Waals surface area contributed by atoms with Crippen molar-refractivity contribution in [3.05, 3.63) is 59.5 Å². The van der Waals surface area contributed by atoms with Crippen molar-refractivity contribution < 1.29 is 27.4 Å². The number of hydrogen-bond acceptors (Lipinski definition) is 6. The van der Waals surface area contributed by atoms with E-state index in [0.29, 0.717) is 35.1 Å². The first-order valence-corrected chi connectivity index (χ1v) is 10.6. The van der Waals surface area contributed by atoms with Gasteiger partial charge in [-0.2, -0.15) is 0 Å². The Morgan fingerprint density at radius 3 is 2.57 bits per heavy atom. The maximum atomic E-state index is 13.3. The largest absolute Gasteiger partial charge is 0.494 e. The van der Waals surface area contributed by atoms with E-state index in [1.165, 1.54) is 11.0 Å². The Kier molecular flexibility index (Phi) is 4.72. The average molecular weight is 401 g/mol. The molecule has 2 aliphatic heterocycles. The highest BCUT2D eigenvalue weighted by Crippen LogP contribution is 2.34. The fourth-order valence-electron chi connectivity index (χ4n) is 3.22. The lowest BCUT2D eigenvalue weighted by molar-refractivity contribution is 0.0982. The maximum Gasteiger partial charge on any atom is 0.258 e. The number of carbonyl (C=O) groups excluding carboxylic acids is 1. The van der Waals surface area contributed by atoms with Gasteiger partial charge in [-0.3, -0.25) is 4.79 Å². The molecule has 0 aromatic heterocycles. The first kappa shape index (κ1) is 18.4. The third-order valence-corrected chi connectivity index (χ3v) is 5.88. The predicted molar refractivity (Wildman–Crippen MR) is 104 cm³/mol. The molecule has 0 spiro atoms. The van der Waals surface area contributed by atoms with Crippen LogP contribution >= 0.6 is 0 Å². The zero-order chi connectivity index (χ0) is 19.7. The molecule has 28 heavy (non-hydrogen) atoms. The summed E-state index contributed by atoms with van der Waals surface area (Å²) in [4.78, 5) is 14.8. The monoisotopic (exact) mass is 401 g/mol. The van der Waals surface area contributed by atoms with E-state index in [4.69, 9.17) is 14.2 Å². The molecule has 1 amide bonds. The van der Waals surface area contributed by atoms with Gasteiger partial charge >= 0.3 is 0 Å². The first-order valence-electron chi connectivity index (χ1n) is 8.84. The maximum absolute atomic E-state index is 13.3.